The number of hydrogen-bond acceptors (Lipinski definition) is 13. The average molecular weight is 773 g/mol. The first-order valence-electron chi connectivity index (χ1n) is 18.0. The molecule has 2 aliphatic rings. The van der Waals surface area contributed by atoms with E-state index in [0.29, 0.717) is 24.5 Å². The van der Waals surface area contributed by atoms with Crippen LogP contribution in [0.2, 0.25) is 0 Å². The van der Waals surface area contributed by atoms with E-state index in [1.54, 1.807) is 40.0 Å². The van der Waals surface area contributed by atoms with Gasteiger partial charge < -0.3 is 47.7 Å². The zero-order chi connectivity index (χ0) is 39.0. The number of methoxy groups -OCH3 is 1. The fourth-order valence-electron chi connectivity index (χ4n) is 6.12. The first-order valence-corrected chi connectivity index (χ1v) is 19.8. The lowest BCUT2D eigenvalue weighted by Gasteiger charge is -2.36. The van der Waals surface area contributed by atoms with Crippen LogP contribution in [0.1, 0.15) is 69.0 Å². The molecule has 1 unspecified atom stereocenters. The van der Waals surface area contributed by atoms with E-state index in [9.17, 15) is 28.6 Å². The molecule has 18 heteroatoms. The number of piperazine rings is 1. The number of rotatable bonds is 14. The van der Waals surface area contributed by atoms with E-state index in [-0.39, 0.29) is 61.9 Å². The van der Waals surface area contributed by atoms with E-state index in [1.807, 2.05) is 30.0 Å². The molecular weight excluding hydrogens is 723 g/mol. The van der Waals surface area contributed by atoms with Crippen molar-refractivity contribution in [3.63, 3.8) is 0 Å². The molecule has 0 radical (unpaired) electrons. The first-order chi connectivity index (χ1) is 25.7. The van der Waals surface area contributed by atoms with E-state index in [2.05, 4.69) is 10.3 Å². The molecule has 2 aromatic heterocycles. The van der Waals surface area contributed by atoms with E-state index in [1.165, 1.54) is 15.9 Å². The van der Waals surface area contributed by atoms with Crippen molar-refractivity contribution in [3.8, 4) is 11.4 Å². The number of carbonyl (C=O) groups is 3. The molecule has 3 aromatic rings. The summed E-state index contributed by atoms with van der Waals surface area (Å²) in [5.74, 6) is -1.62. The monoisotopic (exact) mass is 772 g/mol. The van der Waals surface area contributed by atoms with E-state index in [4.69, 9.17) is 27.8 Å². The third-order valence-corrected chi connectivity index (χ3v) is 10.5. The van der Waals surface area contributed by atoms with Gasteiger partial charge in [-0.2, -0.15) is 0 Å². The smallest absolute Gasteiger partial charge is 0.449 e. The maximum absolute atomic E-state index is 14.1. The standard InChI is InChI=1S/C36H49N6O11P/c1-6-7-19-50-34(45)41-17-15-40(16-18-41)33(44)27(23-54(47,48)51-22-28-30(36(2,3)4)53-35(46)52-28)38-32(43)26-20-29(42-14-13-25(21-42)49-5)39-31(37-26)24-11-9-8-10-12-24/h8-12,20,25,27H,6-7,13-19,21-23H2,1-5H3,(H,38,43)(H,47,48)/t25-,27-/m0/s1. The summed E-state index contributed by atoms with van der Waals surface area (Å²) in [5, 5.41) is 2.64. The molecule has 2 aliphatic heterocycles. The fourth-order valence-corrected chi connectivity index (χ4v) is 7.25. The molecule has 0 spiro atoms. The quantitative estimate of drug-likeness (QED) is 0.177. The molecule has 54 heavy (non-hydrogen) atoms. The number of benzene rings is 1. The number of nitrogens with one attached hydrogen (secondary N) is 1. The molecule has 1 aromatic carbocycles. The van der Waals surface area contributed by atoms with Gasteiger partial charge in [-0.15, -0.1) is 0 Å². The minimum Gasteiger partial charge on any atom is -0.449 e. The van der Waals surface area contributed by atoms with Crippen LogP contribution in [0.4, 0.5) is 10.6 Å². The maximum Gasteiger partial charge on any atom is 0.519 e. The van der Waals surface area contributed by atoms with Crippen molar-refractivity contribution in [1.82, 2.24) is 25.1 Å². The number of carbonyl (C=O) groups excluding carboxylic acids is 3. The number of unbranched alkanes of at least 4 members (excludes halogenated alkanes) is 1. The highest BCUT2D eigenvalue weighted by Gasteiger charge is 2.37. The Labute approximate surface area is 313 Å². The normalized spacial score (nSPS) is 18.0. The Balaban J connectivity index is 1.39. The second kappa shape index (κ2) is 17.7. The Morgan fingerprint density at radius 3 is 2.41 bits per heavy atom. The molecule has 4 heterocycles. The third kappa shape index (κ3) is 10.6. The summed E-state index contributed by atoms with van der Waals surface area (Å²) >= 11 is 0. The summed E-state index contributed by atoms with van der Waals surface area (Å²) in [4.78, 5) is 77.8. The minimum atomic E-state index is -4.67. The van der Waals surface area contributed by atoms with Gasteiger partial charge in [-0.05, 0) is 12.8 Å². The van der Waals surface area contributed by atoms with Crippen molar-refractivity contribution >= 4 is 31.3 Å². The third-order valence-electron chi connectivity index (χ3n) is 9.09. The lowest BCUT2D eigenvalue weighted by Crippen LogP contribution is -2.56. The van der Waals surface area contributed by atoms with Gasteiger partial charge >= 0.3 is 19.5 Å². The van der Waals surface area contributed by atoms with Gasteiger partial charge in [-0.3, -0.25) is 14.2 Å². The van der Waals surface area contributed by atoms with Crippen LogP contribution in [0.15, 0.2) is 50.0 Å². The summed E-state index contributed by atoms with van der Waals surface area (Å²) < 4.78 is 40.1. The van der Waals surface area contributed by atoms with Crippen molar-refractivity contribution in [2.45, 2.75) is 71.1 Å². The van der Waals surface area contributed by atoms with Crippen LogP contribution < -0.4 is 16.0 Å². The molecule has 2 fully saturated rings. The molecular formula is C36H49N6O11P. The van der Waals surface area contributed by atoms with Gasteiger partial charge in [-0.1, -0.05) is 64.4 Å². The van der Waals surface area contributed by atoms with Gasteiger partial charge in [-0.25, -0.2) is 19.6 Å². The fraction of sp³-hybridized carbons (Fsp3) is 0.556. The summed E-state index contributed by atoms with van der Waals surface area (Å²) in [6.07, 6.45) is 1.02. The van der Waals surface area contributed by atoms with Crippen molar-refractivity contribution in [3.05, 3.63) is 64.2 Å². The predicted molar refractivity (Wildman–Crippen MR) is 196 cm³/mol. The molecule has 294 valence electrons. The predicted octanol–water partition coefficient (Wildman–Crippen LogP) is 3.79. The molecule has 5 rings (SSSR count). The van der Waals surface area contributed by atoms with Crippen LogP contribution in [0.3, 0.4) is 0 Å². The first kappa shape index (κ1) is 40.6. The number of aromatic nitrogens is 2. The zero-order valence-electron chi connectivity index (χ0n) is 31.3. The van der Waals surface area contributed by atoms with Crippen molar-refractivity contribution < 1.29 is 46.7 Å². The lowest BCUT2D eigenvalue weighted by molar-refractivity contribution is -0.134. The highest BCUT2D eigenvalue weighted by molar-refractivity contribution is 7.52. The molecule has 2 saturated heterocycles. The Bertz CT molecular complexity index is 1870. The number of amides is 3. The summed E-state index contributed by atoms with van der Waals surface area (Å²) in [6, 6.07) is 9.04. The average Bonchev–Trinajstić information content (AvgIpc) is 3.80. The molecule has 0 aliphatic carbocycles. The number of hydrogen-bond donors (Lipinski definition) is 2. The number of anilines is 1. The SMILES string of the molecule is CCCCOC(=O)N1CCN(C(=O)[C@H](CP(=O)(O)OCc2oc(=O)oc2C(C)(C)C)NC(=O)c2cc(N3CC[C@H](OC)C3)nc(-c3ccccc3)n2)CC1. The highest BCUT2D eigenvalue weighted by atomic mass is 31.2. The Hall–Kier alpha value is -4.57. The van der Waals surface area contributed by atoms with Gasteiger partial charge in [0, 0.05) is 63.4 Å². The summed E-state index contributed by atoms with van der Waals surface area (Å²) in [6.45, 7) is 8.63. The second-order valence-electron chi connectivity index (χ2n) is 14.2. The number of ether oxygens (including phenoxy) is 2. The van der Waals surface area contributed by atoms with Crippen LogP contribution in [0.5, 0.6) is 0 Å². The van der Waals surface area contributed by atoms with Crippen molar-refractivity contribution in [1.29, 1.82) is 0 Å². The highest BCUT2D eigenvalue weighted by Crippen LogP contribution is 2.44. The second-order valence-corrected chi connectivity index (χ2v) is 16.1. The van der Waals surface area contributed by atoms with Gasteiger partial charge in [0.15, 0.2) is 17.3 Å². The number of nitrogens with zero attached hydrogens (tertiary/aromatic N) is 5. The van der Waals surface area contributed by atoms with Crippen LogP contribution in [0, 0.1) is 0 Å². The van der Waals surface area contributed by atoms with Crippen molar-refractivity contribution in [2.75, 3.05) is 64.0 Å². The molecule has 0 saturated carbocycles. The van der Waals surface area contributed by atoms with Crippen LogP contribution in [-0.4, -0.2) is 114 Å². The zero-order valence-corrected chi connectivity index (χ0v) is 32.2. The molecule has 3 amide bonds. The van der Waals surface area contributed by atoms with E-state index in [0.717, 1.165) is 19.3 Å². The topological polar surface area (TPSA) is 207 Å². The lowest BCUT2D eigenvalue weighted by atomic mass is 9.92. The minimum absolute atomic E-state index is 0.0219. The molecule has 3 atom stereocenters. The van der Waals surface area contributed by atoms with Crippen LogP contribution >= 0.6 is 7.60 Å². The van der Waals surface area contributed by atoms with Gasteiger partial charge in [0.2, 0.25) is 5.91 Å². The van der Waals surface area contributed by atoms with Gasteiger partial charge in [0.25, 0.3) is 5.91 Å². The van der Waals surface area contributed by atoms with E-state index >= 15 is 0 Å². The molecule has 0 bridgehead atoms. The summed E-state index contributed by atoms with van der Waals surface area (Å²) in [5.41, 5.74) is -0.0974. The van der Waals surface area contributed by atoms with Crippen LogP contribution in [-0.2, 0) is 35.4 Å². The van der Waals surface area contributed by atoms with Gasteiger partial charge in [0.05, 0.1) is 18.9 Å². The van der Waals surface area contributed by atoms with Gasteiger partial charge in [0.1, 0.15) is 24.2 Å². The van der Waals surface area contributed by atoms with E-state index < -0.39 is 55.6 Å². The largest absolute Gasteiger partial charge is 0.519 e. The Morgan fingerprint density at radius 1 is 1.06 bits per heavy atom. The Morgan fingerprint density at radius 2 is 1.76 bits per heavy atom. The summed E-state index contributed by atoms with van der Waals surface area (Å²) in [7, 11) is -3.04. The molecule has 2 N–H and O–H groups in total. The van der Waals surface area contributed by atoms with Crippen molar-refractivity contribution in [2.24, 2.45) is 0 Å². The van der Waals surface area contributed by atoms with Crippen LogP contribution in [0.25, 0.3) is 11.4 Å². The molecule has 17 nitrogen and oxygen atoms in total. The maximum atomic E-state index is 14.1. The Kier molecular flexibility index (Phi) is 13.3.